The predicted molar refractivity (Wildman–Crippen MR) is 143 cm³/mol. The second-order valence-electron chi connectivity index (χ2n) is 9.87. The van der Waals surface area contributed by atoms with Crippen LogP contribution in [0.5, 0.6) is 0 Å². The second-order valence-corrected chi connectivity index (χ2v) is 9.87. The molecule has 0 bridgehead atoms. The molecule has 2 aliphatic heterocycles. The van der Waals surface area contributed by atoms with E-state index in [4.69, 9.17) is 4.42 Å². The quantitative estimate of drug-likeness (QED) is 0.513. The molecule has 0 saturated carbocycles. The lowest BCUT2D eigenvalue weighted by Crippen LogP contribution is -2.49. The summed E-state index contributed by atoms with van der Waals surface area (Å²) >= 11 is 0. The van der Waals surface area contributed by atoms with Gasteiger partial charge in [0, 0.05) is 78.6 Å². The number of anilines is 2. The fraction of sp³-hybridized carbons (Fsp3) is 0.429. The summed E-state index contributed by atoms with van der Waals surface area (Å²) in [5.74, 6) is 0.981. The van der Waals surface area contributed by atoms with Crippen molar-refractivity contribution in [3.05, 3.63) is 64.4 Å². The molecule has 0 radical (unpaired) electrons. The average Bonchev–Trinajstić information content (AvgIpc) is 3.47. The Balaban J connectivity index is 1.20. The van der Waals surface area contributed by atoms with E-state index in [1.54, 1.807) is 6.92 Å². The summed E-state index contributed by atoms with van der Waals surface area (Å²) < 4.78 is 7.64. The van der Waals surface area contributed by atoms with Crippen LogP contribution in [0.15, 0.2) is 34.7 Å². The zero-order valence-electron chi connectivity index (χ0n) is 22.1. The van der Waals surface area contributed by atoms with Gasteiger partial charge in [0.2, 0.25) is 11.6 Å². The van der Waals surface area contributed by atoms with Crippen LogP contribution in [-0.4, -0.2) is 77.6 Å². The van der Waals surface area contributed by atoms with Crippen LogP contribution in [0.4, 0.5) is 11.6 Å². The van der Waals surface area contributed by atoms with Crippen LogP contribution in [0, 0.1) is 36.5 Å². The molecule has 4 heterocycles. The fourth-order valence-electron chi connectivity index (χ4n) is 5.34. The number of benzene rings is 1. The van der Waals surface area contributed by atoms with Crippen LogP contribution in [-0.2, 0) is 13.6 Å². The number of aryl methyl sites for hydroxylation is 1. The number of hydrogen-bond donors (Lipinski definition) is 0. The molecule has 196 valence electrons. The van der Waals surface area contributed by atoms with Crippen LogP contribution in [0.2, 0.25) is 0 Å². The van der Waals surface area contributed by atoms with Gasteiger partial charge in [0.25, 0.3) is 5.91 Å². The maximum Gasteiger partial charge on any atom is 0.270 e. The molecule has 0 atom stereocenters. The Bertz CT molecular complexity index is 1410. The number of carbonyl (C=O) groups is 1. The first-order valence-electron chi connectivity index (χ1n) is 12.9. The first-order chi connectivity index (χ1) is 18.4. The van der Waals surface area contributed by atoms with E-state index in [0.29, 0.717) is 54.9 Å². The number of rotatable bonds is 5. The minimum absolute atomic E-state index is 0.0219. The number of carbonyl (C=O) groups excluding carboxylic acids is 1. The monoisotopic (exact) mass is 512 g/mol. The largest absolute Gasteiger partial charge is 0.424 e. The van der Waals surface area contributed by atoms with Crippen molar-refractivity contribution in [2.75, 3.05) is 62.2 Å². The molecule has 2 fully saturated rings. The van der Waals surface area contributed by atoms with E-state index in [1.165, 1.54) is 0 Å². The third kappa shape index (κ3) is 4.83. The van der Waals surface area contributed by atoms with Gasteiger partial charge in [0.15, 0.2) is 5.89 Å². The molecule has 2 saturated heterocycles. The number of hydrogen-bond acceptors (Lipinski definition) is 8. The van der Waals surface area contributed by atoms with Gasteiger partial charge in [-0.1, -0.05) is 12.1 Å². The first kappa shape index (κ1) is 25.4. The van der Waals surface area contributed by atoms with E-state index in [0.717, 1.165) is 49.7 Å². The molecule has 2 aromatic heterocycles. The first-order valence-corrected chi connectivity index (χ1v) is 12.9. The van der Waals surface area contributed by atoms with E-state index in [2.05, 4.69) is 33.8 Å². The van der Waals surface area contributed by atoms with Crippen molar-refractivity contribution in [1.82, 2.24) is 19.4 Å². The van der Waals surface area contributed by atoms with Crippen molar-refractivity contribution in [3.8, 4) is 12.1 Å². The van der Waals surface area contributed by atoms with Gasteiger partial charge in [0.1, 0.15) is 17.8 Å². The Kier molecular flexibility index (Phi) is 7.08. The van der Waals surface area contributed by atoms with Crippen molar-refractivity contribution in [1.29, 1.82) is 10.5 Å². The zero-order chi connectivity index (χ0) is 26.8. The van der Waals surface area contributed by atoms with Crippen molar-refractivity contribution < 1.29 is 9.21 Å². The highest BCUT2D eigenvalue weighted by Crippen LogP contribution is 2.25. The highest BCUT2D eigenvalue weighted by atomic mass is 16.4. The Morgan fingerprint density at radius 2 is 1.66 bits per heavy atom. The number of para-hydroxylation sites is 1. The molecule has 0 spiro atoms. The Morgan fingerprint density at radius 1 is 0.974 bits per heavy atom. The highest BCUT2D eigenvalue weighted by Gasteiger charge is 2.29. The maximum absolute atomic E-state index is 13.5. The lowest BCUT2D eigenvalue weighted by atomic mass is 10.1. The highest BCUT2D eigenvalue weighted by molar-refractivity contribution is 5.93. The molecule has 5 rings (SSSR count). The Hall–Kier alpha value is -4.28. The molecule has 10 nitrogen and oxygen atoms in total. The predicted octanol–water partition coefficient (Wildman–Crippen LogP) is 2.66. The van der Waals surface area contributed by atoms with E-state index < -0.39 is 0 Å². The second kappa shape index (κ2) is 10.6. The van der Waals surface area contributed by atoms with Crippen LogP contribution in [0.3, 0.4) is 0 Å². The van der Waals surface area contributed by atoms with Crippen LogP contribution >= 0.6 is 0 Å². The Morgan fingerprint density at radius 3 is 2.34 bits per heavy atom. The summed E-state index contributed by atoms with van der Waals surface area (Å²) in [5.41, 5.74) is 4.96. The molecule has 10 heteroatoms. The van der Waals surface area contributed by atoms with Gasteiger partial charge in [0.05, 0.1) is 11.3 Å². The third-order valence-electron chi connectivity index (χ3n) is 7.67. The lowest BCUT2D eigenvalue weighted by Gasteiger charge is -2.36. The SMILES string of the molecule is Cc1nc(C#N)c(N2CCN(C(=O)c3cc(CN4CCN(c5ccccc5C#N)CC4)c(C)n3C)CC2)o1. The summed E-state index contributed by atoms with van der Waals surface area (Å²) in [7, 11) is 1.95. The van der Waals surface area contributed by atoms with Gasteiger partial charge in [-0.05, 0) is 30.7 Å². The minimum atomic E-state index is 0.0219. The van der Waals surface area contributed by atoms with Gasteiger partial charge < -0.3 is 23.7 Å². The molecule has 3 aromatic rings. The number of piperazine rings is 2. The molecule has 1 aromatic carbocycles. The van der Waals surface area contributed by atoms with Crippen molar-refractivity contribution in [3.63, 3.8) is 0 Å². The minimum Gasteiger partial charge on any atom is -0.424 e. The van der Waals surface area contributed by atoms with Gasteiger partial charge in [-0.2, -0.15) is 10.5 Å². The molecule has 38 heavy (non-hydrogen) atoms. The van der Waals surface area contributed by atoms with E-state index in [1.807, 2.05) is 51.7 Å². The summed E-state index contributed by atoms with van der Waals surface area (Å²) in [6.45, 7) is 10.4. The van der Waals surface area contributed by atoms with Crippen LogP contribution in [0.25, 0.3) is 0 Å². The van der Waals surface area contributed by atoms with Gasteiger partial charge in [-0.25, -0.2) is 4.98 Å². The summed E-state index contributed by atoms with van der Waals surface area (Å²) in [6, 6.07) is 14.2. The molecule has 0 unspecified atom stereocenters. The van der Waals surface area contributed by atoms with E-state index in [9.17, 15) is 15.3 Å². The van der Waals surface area contributed by atoms with Crippen molar-refractivity contribution >= 4 is 17.5 Å². The lowest BCUT2D eigenvalue weighted by molar-refractivity contribution is 0.0735. The van der Waals surface area contributed by atoms with Crippen LogP contribution < -0.4 is 9.80 Å². The van der Waals surface area contributed by atoms with Crippen molar-refractivity contribution in [2.45, 2.75) is 20.4 Å². The fourth-order valence-corrected chi connectivity index (χ4v) is 5.34. The normalized spacial score (nSPS) is 16.4. The summed E-state index contributed by atoms with van der Waals surface area (Å²) in [4.78, 5) is 26.1. The topological polar surface area (TPSA) is 109 Å². The number of amides is 1. The Labute approximate surface area is 222 Å². The standard InChI is InChI=1S/C28H32N8O2/c1-20-23(19-33-8-10-34(11-9-33)25-7-5-4-6-22(25)17-29)16-26(32(20)3)27(37)35-12-14-36(15-13-35)28-24(18-30)31-21(2)38-28/h4-7,16H,8-15,19H2,1-3H3. The zero-order valence-corrected chi connectivity index (χ0v) is 22.1. The summed E-state index contributed by atoms with van der Waals surface area (Å²) in [5, 5.41) is 18.8. The molecular formula is C28H32N8O2. The summed E-state index contributed by atoms with van der Waals surface area (Å²) in [6.07, 6.45) is 0. The average molecular weight is 513 g/mol. The number of aromatic nitrogens is 2. The number of nitrogens with zero attached hydrogens (tertiary/aromatic N) is 8. The molecule has 0 N–H and O–H groups in total. The molecule has 1 amide bonds. The third-order valence-corrected chi connectivity index (χ3v) is 7.67. The molecule has 2 aliphatic rings. The van der Waals surface area contributed by atoms with Gasteiger partial charge in [-0.15, -0.1) is 0 Å². The van der Waals surface area contributed by atoms with Crippen molar-refractivity contribution in [2.24, 2.45) is 7.05 Å². The van der Waals surface area contributed by atoms with Gasteiger partial charge >= 0.3 is 0 Å². The molecule has 0 aliphatic carbocycles. The van der Waals surface area contributed by atoms with Crippen LogP contribution in [0.1, 0.15) is 38.9 Å². The van der Waals surface area contributed by atoms with Gasteiger partial charge in [-0.3, -0.25) is 9.69 Å². The maximum atomic E-state index is 13.5. The smallest absolute Gasteiger partial charge is 0.270 e. The number of oxazole rings is 1. The van der Waals surface area contributed by atoms with E-state index >= 15 is 0 Å². The van der Waals surface area contributed by atoms with E-state index in [-0.39, 0.29) is 5.91 Å². The molecular weight excluding hydrogens is 480 g/mol. The number of nitriles is 2.